The molecule has 27 heavy (non-hydrogen) atoms. The molecule has 7 heteroatoms. The normalized spacial score (nSPS) is 17.5. The van der Waals surface area contributed by atoms with Crippen molar-refractivity contribution in [3.63, 3.8) is 0 Å². The van der Waals surface area contributed by atoms with Crippen LogP contribution < -0.4 is 0 Å². The number of likely N-dealkylation sites (tertiary alicyclic amines) is 1. The number of hydrogen-bond donors (Lipinski definition) is 2. The highest BCUT2D eigenvalue weighted by molar-refractivity contribution is 7.13. The summed E-state index contributed by atoms with van der Waals surface area (Å²) >= 11 is 1.60. The van der Waals surface area contributed by atoms with Crippen molar-refractivity contribution in [2.45, 2.75) is 18.8 Å². The Morgan fingerprint density at radius 2 is 2.15 bits per heavy atom. The van der Waals surface area contributed by atoms with Crippen LogP contribution in [0.4, 0.5) is 0 Å². The number of rotatable bonds is 3. The number of thiophene rings is 1. The largest absolute Gasteiger partial charge is 0.342 e. The van der Waals surface area contributed by atoms with E-state index >= 15 is 0 Å². The zero-order valence-electron chi connectivity index (χ0n) is 14.7. The van der Waals surface area contributed by atoms with Gasteiger partial charge in [0.1, 0.15) is 5.82 Å². The third-order valence-electron chi connectivity index (χ3n) is 5.14. The number of para-hydroxylation sites is 2. The Balaban J connectivity index is 1.40. The van der Waals surface area contributed by atoms with Gasteiger partial charge in [-0.1, -0.05) is 18.2 Å². The highest BCUT2D eigenvalue weighted by atomic mass is 32.1. The number of carbonyl (C=O) groups is 1. The van der Waals surface area contributed by atoms with Crippen LogP contribution in [-0.2, 0) is 0 Å². The van der Waals surface area contributed by atoms with E-state index in [0.717, 1.165) is 46.8 Å². The minimum atomic E-state index is 0.0351. The molecule has 6 nitrogen and oxygen atoms in total. The molecule has 1 unspecified atom stereocenters. The average molecular weight is 377 g/mol. The summed E-state index contributed by atoms with van der Waals surface area (Å²) < 4.78 is 0. The van der Waals surface area contributed by atoms with E-state index in [0.29, 0.717) is 12.1 Å². The summed E-state index contributed by atoms with van der Waals surface area (Å²) in [7, 11) is 0. The number of nitrogens with one attached hydrogen (secondary N) is 2. The Kier molecular flexibility index (Phi) is 4.01. The highest BCUT2D eigenvalue weighted by Crippen LogP contribution is 2.30. The Bertz CT molecular complexity index is 1050. The van der Waals surface area contributed by atoms with E-state index < -0.39 is 0 Å². The van der Waals surface area contributed by atoms with Crippen LogP contribution in [0.5, 0.6) is 0 Å². The summed E-state index contributed by atoms with van der Waals surface area (Å²) in [5, 5.41) is 9.10. The van der Waals surface area contributed by atoms with Gasteiger partial charge in [0.25, 0.3) is 5.91 Å². The standard InChI is InChI=1S/C20H19N5OS/c26-20(14-11-21-24-18(14)17-8-4-10-27-17)25-9-3-5-13(12-25)19-22-15-6-1-2-7-16(15)23-19/h1-2,4,6-8,10-11,13H,3,5,9,12H2,(H,21,24)(H,22,23). The number of imidazole rings is 1. The molecule has 1 aliphatic heterocycles. The Morgan fingerprint density at radius 1 is 1.22 bits per heavy atom. The Morgan fingerprint density at radius 3 is 3.00 bits per heavy atom. The molecule has 1 aromatic carbocycles. The summed E-state index contributed by atoms with van der Waals surface area (Å²) in [6.07, 6.45) is 3.65. The molecule has 1 saturated heterocycles. The lowest BCUT2D eigenvalue weighted by atomic mass is 9.96. The molecule has 2 N–H and O–H groups in total. The number of nitrogens with zero attached hydrogens (tertiary/aromatic N) is 3. The Labute approximate surface area is 160 Å². The number of amides is 1. The monoisotopic (exact) mass is 377 g/mol. The van der Waals surface area contributed by atoms with Crippen LogP contribution in [0.1, 0.15) is 34.9 Å². The third kappa shape index (κ3) is 2.94. The van der Waals surface area contributed by atoms with E-state index in [1.165, 1.54) is 0 Å². The van der Waals surface area contributed by atoms with Crippen molar-refractivity contribution in [1.29, 1.82) is 0 Å². The third-order valence-corrected chi connectivity index (χ3v) is 6.03. The minimum absolute atomic E-state index is 0.0351. The van der Waals surface area contributed by atoms with Gasteiger partial charge in [0, 0.05) is 19.0 Å². The van der Waals surface area contributed by atoms with Crippen molar-refractivity contribution in [3.05, 3.63) is 59.4 Å². The molecule has 0 saturated carbocycles. The lowest BCUT2D eigenvalue weighted by Crippen LogP contribution is -2.39. The second kappa shape index (κ2) is 6.66. The van der Waals surface area contributed by atoms with Crippen LogP contribution in [0.15, 0.2) is 48.0 Å². The molecule has 1 aliphatic rings. The fourth-order valence-corrected chi connectivity index (χ4v) is 4.51. The smallest absolute Gasteiger partial charge is 0.257 e. The number of carbonyl (C=O) groups excluding carboxylic acids is 1. The predicted octanol–water partition coefficient (Wildman–Crippen LogP) is 4.03. The molecule has 0 bridgehead atoms. The number of benzene rings is 1. The zero-order chi connectivity index (χ0) is 18.2. The van der Waals surface area contributed by atoms with Crippen molar-refractivity contribution in [1.82, 2.24) is 25.1 Å². The van der Waals surface area contributed by atoms with E-state index in [9.17, 15) is 4.79 Å². The maximum absolute atomic E-state index is 13.2. The summed E-state index contributed by atoms with van der Waals surface area (Å²) in [4.78, 5) is 24.3. The van der Waals surface area contributed by atoms with Crippen molar-refractivity contribution < 1.29 is 4.79 Å². The van der Waals surface area contributed by atoms with Crippen molar-refractivity contribution in [3.8, 4) is 10.6 Å². The first-order valence-electron chi connectivity index (χ1n) is 9.11. The molecule has 0 spiro atoms. The molecule has 1 fully saturated rings. The van der Waals surface area contributed by atoms with Gasteiger partial charge in [-0.3, -0.25) is 9.89 Å². The first kappa shape index (κ1) is 16.3. The maximum Gasteiger partial charge on any atom is 0.257 e. The highest BCUT2D eigenvalue weighted by Gasteiger charge is 2.29. The summed E-state index contributed by atoms with van der Waals surface area (Å²) in [5.74, 6) is 1.24. The molecular weight excluding hydrogens is 358 g/mol. The first-order chi connectivity index (χ1) is 13.3. The zero-order valence-corrected chi connectivity index (χ0v) is 15.5. The molecule has 0 aliphatic carbocycles. The second-order valence-corrected chi connectivity index (χ2v) is 7.81. The van der Waals surface area contributed by atoms with Gasteiger partial charge in [-0.25, -0.2) is 4.98 Å². The predicted molar refractivity (Wildman–Crippen MR) is 106 cm³/mol. The van der Waals surface area contributed by atoms with Crippen LogP contribution in [0.2, 0.25) is 0 Å². The van der Waals surface area contributed by atoms with Crippen LogP contribution in [0.25, 0.3) is 21.6 Å². The van der Waals surface area contributed by atoms with Gasteiger partial charge in [-0.05, 0) is 36.4 Å². The Hall–Kier alpha value is -2.93. The molecule has 4 heterocycles. The van der Waals surface area contributed by atoms with Gasteiger partial charge in [-0.15, -0.1) is 11.3 Å². The quantitative estimate of drug-likeness (QED) is 0.566. The number of piperidine rings is 1. The van der Waals surface area contributed by atoms with Gasteiger partial charge in [0.05, 0.1) is 33.4 Å². The lowest BCUT2D eigenvalue weighted by molar-refractivity contribution is 0.0706. The van der Waals surface area contributed by atoms with E-state index in [4.69, 9.17) is 4.98 Å². The van der Waals surface area contributed by atoms with E-state index in [2.05, 4.69) is 15.2 Å². The lowest BCUT2D eigenvalue weighted by Gasteiger charge is -2.31. The van der Waals surface area contributed by atoms with Crippen LogP contribution in [0.3, 0.4) is 0 Å². The van der Waals surface area contributed by atoms with Crippen LogP contribution in [0, 0.1) is 0 Å². The molecule has 0 radical (unpaired) electrons. The van der Waals surface area contributed by atoms with Gasteiger partial charge < -0.3 is 9.88 Å². The summed E-state index contributed by atoms with van der Waals surface area (Å²) in [6, 6.07) is 12.0. The summed E-state index contributed by atoms with van der Waals surface area (Å²) in [6.45, 7) is 1.44. The summed E-state index contributed by atoms with van der Waals surface area (Å²) in [5.41, 5.74) is 3.47. The molecule has 3 aromatic heterocycles. The maximum atomic E-state index is 13.2. The molecule has 4 aromatic rings. The number of aromatic nitrogens is 4. The van der Waals surface area contributed by atoms with Gasteiger partial charge in [-0.2, -0.15) is 5.10 Å². The van der Waals surface area contributed by atoms with Gasteiger partial charge in [0.15, 0.2) is 0 Å². The number of hydrogen-bond acceptors (Lipinski definition) is 4. The van der Waals surface area contributed by atoms with Crippen molar-refractivity contribution >= 4 is 28.3 Å². The first-order valence-corrected chi connectivity index (χ1v) is 9.99. The number of H-pyrrole nitrogens is 2. The van der Waals surface area contributed by atoms with Crippen molar-refractivity contribution in [2.75, 3.05) is 13.1 Å². The molecular formula is C20H19N5OS. The second-order valence-electron chi connectivity index (χ2n) is 6.87. The number of fused-ring (bicyclic) bond motifs is 1. The fraction of sp³-hybridized carbons (Fsp3) is 0.250. The number of aromatic amines is 2. The van der Waals surface area contributed by atoms with Gasteiger partial charge >= 0.3 is 0 Å². The minimum Gasteiger partial charge on any atom is -0.342 e. The molecule has 136 valence electrons. The van der Waals surface area contributed by atoms with Crippen LogP contribution >= 0.6 is 11.3 Å². The average Bonchev–Trinajstić information content (AvgIpc) is 3.47. The SMILES string of the molecule is O=C(c1cn[nH]c1-c1cccs1)N1CCCC(c2nc3ccccc3[nH]2)C1. The van der Waals surface area contributed by atoms with Crippen molar-refractivity contribution in [2.24, 2.45) is 0 Å². The molecule has 1 atom stereocenters. The molecule has 5 rings (SSSR count). The van der Waals surface area contributed by atoms with Crippen LogP contribution in [-0.4, -0.2) is 44.1 Å². The van der Waals surface area contributed by atoms with Gasteiger partial charge in [0.2, 0.25) is 0 Å². The van der Waals surface area contributed by atoms with E-state index in [-0.39, 0.29) is 11.8 Å². The topological polar surface area (TPSA) is 77.7 Å². The molecule has 1 amide bonds. The van der Waals surface area contributed by atoms with E-state index in [1.807, 2.05) is 46.7 Å². The fourth-order valence-electron chi connectivity index (χ4n) is 3.78. The van der Waals surface area contributed by atoms with E-state index in [1.54, 1.807) is 17.5 Å².